The Morgan fingerprint density at radius 3 is 2.68 bits per heavy atom. The number of aryl methyl sites for hydroxylation is 2. The number of aliphatic hydroxyl groups is 1. The Morgan fingerprint density at radius 1 is 1.16 bits per heavy atom. The Hall–Kier alpha value is -2.57. The number of aromatic nitrogens is 2. The Labute approximate surface area is 182 Å². The van der Waals surface area contributed by atoms with E-state index < -0.39 is 17.7 Å². The zero-order valence-electron chi connectivity index (χ0n) is 17.8. The largest absolute Gasteiger partial charge is 0.390 e. The van der Waals surface area contributed by atoms with Crippen molar-refractivity contribution in [2.24, 2.45) is 0 Å². The number of hydrogen-bond acceptors (Lipinski definition) is 3. The third-order valence-electron chi connectivity index (χ3n) is 6.23. The van der Waals surface area contributed by atoms with Gasteiger partial charge in [-0.1, -0.05) is 25.1 Å². The van der Waals surface area contributed by atoms with Crippen molar-refractivity contribution in [2.75, 3.05) is 6.54 Å². The lowest BCUT2D eigenvalue weighted by Crippen LogP contribution is -2.38. The monoisotopic (exact) mass is 425 g/mol. The molecule has 2 N–H and O–H groups in total. The number of nitrogens with zero attached hydrogens (tertiary/aromatic N) is 2. The molecule has 0 amide bonds. The smallest absolute Gasteiger partial charge is 0.126 e. The normalized spacial score (nSPS) is 17.9. The summed E-state index contributed by atoms with van der Waals surface area (Å²) >= 11 is 0. The van der Waals surface area contributed by atoms with Crippen LogP contribution in [0.2, 0.25) is 0 Å². The van der Waals surface area contributed by atoms with Crippen LogP contribution in [-0.4, -0.2) is 27.3 Å². The Bertz CT molecular complexity index is 986. The summed E-state index contributed by atoms with van der Waals surface area (Å²) in [6.07, 6.45) is 8.81. The highest BCUT2D eigenvalue weighted by atomic mass is 19.1. The lowest BCUT2D eigenvalue weighted by atomic mass is 9.86. The van der Waals surface area contributed by atoms with E-state index in [2.05, 4.69) is 35.4 Å². The number of benzene rings is 2. The minimum Gasteiger partial charge on any atom is -0.390 e. The van der Waals surface area contributed by atoms with Gasteiger partial charge in [0, 0.05) is 31.0 Å². The second-order valence-corrected chi connectivity index (χ2v) is 8.37. The van der Waals surface area contributed by atoms with Crippen LogP contribution < -0.4 is 5.32 Å². The average molecular weight is 426 g/mol. The first-order valence-corrected chi connectivity index (χ1v) is 11.0. The molecule has 164 valence electrons. The van der Waals surface area contributed by atoms with Crippen LogP contribution in [0.25, 0.3) is 0 Å². The zero-order valence-corrected chi connectivity index (χ0v) is 17.8. The summed E-state index contributed by atoms with van der Waals surface area (Å²) in [4.78, 5) is 4.08. The summed E-state index contributed by atoms with van der Waals surface area (Å²) in [6, 6.07) is 10.0. The maximum absolute atomic E-state index is 13.7. The number of halogens is 2. The molecule has 0 aliphatic heterocycles. The molecule has 1 aliphatic carbocycles. The van der Waals surface area contributed by atoms with Crippen LogP contribution in [0, 0.1) is 11.6 Å². The first kappa shape index (κ1) is 21.7. The summed E-state index contributed by atoms with van der Waals surface area (Å²) in [5, 5.41) is 14.6. The zero-order chi connectivity index (χ0) is 21.8. The molecular formula is C25H29F2N3O. The van der Waals surface area contributed by atoms with Gasteiger partial charge in [0.25, 0.3) is 0 Å². The van der Waals surface area contributed by atoms with E-state index >= 15 is 0 Å². The van der Waals surface area contributed by atoms with Crippen LogP contribution in [0.15, 0.2) is 55.1 Å². The molecule has 1 aromatic heterocycles. The van der Waals surface area contributed by atoms with Crippen molar-refractivity contribution in [3.05, 3.63) is 89.0 Å². The van der Waals surface area contributed by atoms with E-state index in [9.17, 15) is 13.9 Å². The molecule has 0 saturated heterocycles. The molecule has 0 saturated carbocycles. The number of hydrogen-bond donors (Lipinski definition) is 2. The third kappa shape index (κ3) is 5.20. The fourth-order valence-corrected chi connectivity index (χ4v) is 4.56. The maximum atomic E-state index is 13.7. The van der Waals surface area contributed by atoms with Crippen LogP contribution in [0.3, 0.4) is 0 Å². The van der Waals surface area contributed by atoms with E-state index in [1.807, 2.05) is 0 Å². The fraction of sp³-hybridized carbons (Fsp3) is 0.400. The van der Waals surface area contributed by atoms with Gasteiger partial charge < -0.3 is 15.0 Å². The molecule has 4 rings (SSSR count). The molecule has 1 aliphatic rings. The lowest BCUT2D eigenvalue weighted by Gasteiger charge is -2.30. The van der Waals surface area contributed by atoms with E-state index in [0.717, 1.165) is 31.7 Å². The van der Waals surface area contributed by atoms with Crippen molar-refractivity contribution in [3.8, 4) is 0 Å². The van der Waals surface area contributed by atoms with Crippen molar-refractivity contribution in [2.45, 2.75) is 57.2 Å². The highest BCUT2D eigenvalue weighted by Crippen LogP contribution is 2.31. The van der Waals surface area contributed by atoms with Gasteiger partial charge >= 0.3 is 0 Å². The number of fused-ring (bicyclic) bond motifs is 1. The lowest BCUT2D eigenvalue weighted by molar-refractivity contribution is 0.106. The number of rotatable bonds is 8. The van der Waals surface area contributed by atoms with E-state index in [1.165, 1.54) is 28.8 Å². The predicted octanol–water partition coefficient (Wildman–Crippen LogP) is 4.54. The second kappa shape index (κ2) is 9.71. The van der Waals surface area contributed by atoms with Crippen molar-refractivity contribution >= 4 is 0 Å². The van der Waals surface area contributed by atoms with Crippen LogP contribution in [0.4, 0.5) is 8.78 Å². The molecule has 0 bridgehead atoms. The van der Waals surface area contributed by atoms with Gasteiger partial charge in [0.2, 0.25) is 0 Å². The molecule has 2 aromatic carbocycles. The summed E-state index contributed by atoms with van der Waals surface area (Å²) in [7, 11) is 0. The highest BCUT2D eigenvalue weighted by molar-refractivity contribution is 5.36. The van der Waals surface area contributed by atoms with E-state index in [1.54, 1.807) is 23.3 Å². The molecule has 6 heteroatoms. The fourth-order valence-electron chi connectivity index (χ4n) is 4.56. The molecule has 3 unspecified atom stereocenters. The van der Waals surface area contributed by atoms with Gasteiger partial charge in [-0.2, -0.15) is 0 Å². The Morgan fingerprint density at radius 2 is 1.97 bits per heavy atom. The van der Waals surface area contributed by atoms with Gasteiger partial charge in [-0.05, 0) is 66.5 Å². The first-order chi connectivity index (χ1) is 15.0. The van der Waals surface area contributed by atoms with Crippen LogP contribution in [0.5, 0.6) is 0 Å². The number of aliphatic hydroxyl groups excluding tert-OH is 1. The molecule has 3 aromatic rings. The van der Waals surface area contributed by atoms with Gasteiger partial charge in [0.15, 0.2) is 0 Å². The summed E-state index contributed by atoms with van der Waals surface area (Å²) in [5.74, 6) is -1.23. The van der Waals surface area contributed by atoms with Gasteiger partial charge in [-0.25, -0.2) is 13.8 Å². The molecule has 0 radical (unpaired) electrons. The number of nitrogens with one attached hydrogen (secondary N) is 1. The molecule has 1 heterocycles. The van der Waals surface area contributed by atoms with Crippen LogP contribution in [-0.2, 0) is 19.3 Å². The molecular weight excluding hydrogens is 396 g/mol. The molecule has 31 heavy (non-hydrogen) atoms. The highest BCUT2D eigenvalue weighted by Gasteiger charge is 2.25. The van der Waals surface area contributed by atoms with E-state index in [-0.39, 0.29) is 12.1 Å². The minimum absolute atomic E-state index is 0.194. The summed E-state index contributed by atoms with van der Waals surface area (Å²) in [6.45, 7) is 2.53. The summed E-state index contributed by atoms with van der Waals surface area (Å²) in [5.41, 5.74) is 4.52. The van der Waals surface area contributed by atoms with Gasteiger partial charge in [0.1, 0.15) is 11.6 Å². The molecule has 3 atom stereocenters. The Kier molecular flexibility index (Phi) is 6.78. The number of imidazole rings is 1. The van der Waals surface area contributed by atoms with Crippen molar-refractivity contribution in [3.63, 3.8) is 0 Å². The van der Waals surface area contributed by atoms with Crippen molar-refractivity contribution < 1.29 is 13.9 Å². The average Bonchev–Trinajstić information content (AvgIpc) is 3.29. The van der Waals surface area contributed by atoms with E-state index in [0.29, 0.717) is 18.5 Å². The van der Waals surface area contributed by atoms with Crippen LogP contribution in [0.1, 0.15) is 54.1 Å². The topological polar surface area (TPSA) is 50.1 Å². The SMILES string of the molecule is CCc1ccc2c(c1)C(NCC(O)C(Cc1cc(F)cc(F)c1)n1ccnc1)CCC2. The maximum Gasteiger partial charge on any atom is 0.126 e. The molecule has 0 spiro atoms. The standard InChI is InChI=1S/C25H29F2N3O/c1-2-17-6-7-19-4-3-5-23(22(19)12-17)29-15-25(31)24(30-9-8-28-16-30)13-18-10-20(26)14-21(27)11-18/h6-12,14,16,23-25,29,31H,2-5,13,15H2,1H3. The Balaban J connectivity index is 1.49. The third-order valence-corrected chi connectivity index (χ3v) is 6.23. The van der Waals surface area contributed by atoms with Crippen molar-refractivity contribution in [1.82, 2.24) is 14.9 Å². The second-order valence-electron chi connectivity index (χ2n) is 8.37. The van der Waals surface area contributed by atoms with Gasteiger partial charge in [-0.3, -0.25) is 0 Å². The van der Waals surface area contributed by atoms with E-state index in [4.69, 9.17) is 0 Å². The summed E-state index contributed by atoms with van der Waals surface area (Å²) < 4.78 is 29.2. The molecule has 4 nitrogen and oxygen atoms in total. The van der Waals surface area contributed by atoms with Crippen molar-refractivity contribution in [1.29, 1.82) is 0 Å². The van der Waals surface area contributed by atoms with Gasteiger partial charge in [0.05, 0.1) is 18.5 Å². The van der Waals surface area contributed by atoms with Gasteiger partial charge in [-0.15, -0.1) is 0 Å². The quantitative estimate of drug-likeness (QED) is 0.557. The predicted molar refractivity (Wildman–Crippen MR) is 117 cm³/mol. The minimum atomic E-state index is -0.750. The first-order valence-electron chi connectivity index (χ1n) is 11.0. The van der Waals surface area contributed by atoms with Crippen LogP contribution >= 0.6 is 0 Å². The molecule has 0 fully saturated rings.